The van der Waals surface area contributed by atoms with Gasteiger partial charge in [-0.25, -0.2) is 9.97 Å². The molecule has 0 aliphatic carbocycles. The molecule has 102 valence electrons. The molecule has 2 heterocycles. The average Bonchev–Trinajstić information content (AvgIpc) is 2.77. The molecule has 0 spiro atoms. The fourth-order valence-corrected chi connectivity index (χ4v) is 2.35. The molecule has 0 saturated carbocycles. The summed E-state index contributed by atoms with van der Waals surface area (Å²) in [6, 6.07) is 6.13. The van der Waals surface area contributed by atoms with E-state index in [-0.39, 0.29) is 0 Å². The Morgan fingerprint density at radius 3 is 2.80 bits per heavy atom. The van der Waals surface area contributed by atoms with Crippen molar-refractivity contribution in [2.24, 2.45) is 7.05 Å². The topological polar surface area (TPSA) is 69.6 Å². The number of hydrogen-bond donors (Lipinski definition) is 1. The van der Waals surface area contributed by atoms with Gasteiger partial charge in [-0.3, -0.25) is 4.68 Å². The van der Waals surface area contributed by atoms with Gasteiger partial charge in [0.25, 0.3) is 0 Å². The van der Waals surface area contributed by atoms with Crippen LogP contribution < -0.4 is 5.73 Å². The molecule has 3 aromatic rings. The lowest BCUT2D eigenvalue weighted by Gasteiger charge is -2.11. The Kier molecular flexibility index (Phi) is 2.89. The zero-order valence-corrected chi connectivity index (χ0v) is 11.8. The van der Waals surface area contributed by atoms with Gasteiger partial charge in [-0.15, -0.1) is 0 Å². The molecule has 1 aromatic carbocycles. The summed E-state index contributed by atoms with van der Waals surface area (Å²) in [5.41, 5.74) is 9.76. The summed E-state index contributed by atoms with van der Waals surface area (Å²) in [5.74, 6) is 0.644. The Hall–Kier alpha value is -2.43. The van der Waals surface area contributed by atoms with E-state index in [1.54, 1.807) is 0 Å². The normalized spacial score (nSPS) is 11.4. The summed E-state index contributed by atoms with van der Waals surface area (Å²) >= 11 is 0. The van der Waals surface area contributed by atoms with E-state index in [0.717, 1.165) is 27.7 Å². The third kappa shape index (κ3) is 2.11. The van der Waals surface area contributed by atoms with Crippen LogP contribution in [0.3, 0.4) is 0 Å². The van der Waals surface area contributed by atoms with Gasteiger partial charge < -0.3 is 5.73 Å². The second-order valence-corrected chi connectivity index (χ2v) is 5.26. The van der Waals surface area contributed by atoms with Gasteiger partial charge in [0.2, 0.25) is 5.95 Å². The Balaban J connectivity index is 2.21. The second-order valence-electron chi connectivity index (χ2n) is 5.26. The molecule has 0 saturated heterocycles. The molecule has 2 aromatic heterocycles. The molecule has 20 heavy (non-hydrogen) atoms. The molecule has 0 bridgehead atoms. The molecule has 2 N–H and O–H groups in total. The van der Waals surface area contributed by atoms with Crippen molar-refractivity contribution >= 4 is 16.9 Å². The van der Waals surface area contributed by atoms with Crippen LogP contribution in [-0.4, -0.2) is 19.7 Å². The van der Waals surface area contributed by atoms with Crippen LogP contribution in [0.25, 0.3) is 22.2 Å². The van der Waals surface area contributed by atoms with E-state index in [0.29, 0.717) is 11.9 Å². The van der Waals surface area contributed by atoms with Crippen molar-refractivity contribution in [1.82, 2.24) is 19.7 Å². The van der Waals surface area contributed by atoms with Gasteiger partial charge in [0.1, 0.15) is 0 Å². The molecule has 0 amide bonds. The third-order valence-corrected chi connectivity index (χ3v) is 3.35. The summed E-state index contributed by atoms with van der Waals surface area (Å²) in [7, 11) is 1.92. The van der Waals surface area contributed by atoms with Crippen molar-refractivity contribution < 1.29 is 0 Å². The van der Waals surface area contributed by atoms with Gasteiger partial charge in [-0.2, -0.15) is 5.10 Å². The van der Waals surface area contributed by atoms with Gasteiger partial charge in [-0.05, 0) is 23.6 Å². The van der Waals surface area contributed by atoms with Gasteiger partial charge >= 0.3 is 0 Å². The monoisotopic (exact) mass is 267 g/mol. The standard InChI is InChI=1S/C15H17N5/c1-9(2)12-7-17-15(16)18-14(12)10-4-5-13-11(6-10)8-20(3)19-13/h4-9H,1-3H3,(H2,16,17,18). The van der Waals surface area contributed by atoms with E-state index in [4.69, 9.17) is 5.73 Å². The van der Waals surface area contributed by atoms with Crippen LogP contribution >= 0.6 is 0 Å². The number of hydrogen-bond acceptors (Lipinski definition) is 4. The van der Waals surface area contributed by atoms with E-state index in [9.17, 15) is 0 Å². The molecule has 0 atom stereocenters. The smallest absolute Gasteiger partial charge is 0.220 e. The molecule has 0 unspecified atom stereocenters. The van der Waals surface area contributed by atoms with Crippen molar-refractivity contribution in [2.45, 2.75) is 19.8 Å². The summed E-state index contributed by atoms with van der Waals surface area (Å²) in [6.45, 7) is 4.25. The molecule has 0 aliphatic rings. The van der Waals surface area contributed by atoms with Crippen LogP contribution in [0.15, 0.2) is 30.6 Å². The molecule has 3 rings (SSSR count). The predicted molar refractivity (Wildman–Crippen MR) is 80.2 cm³/mol. The van der Waals surface area contributed by atoms with Crippen LogP contribution in [0.4, 0.5) is 5.95 Å². The minimum atomic E-state index is 0.302. The Labute approximate surface area is 117 Å². The number of nitrogens with two attached hydrogens (primary N) is 1. The largest absolute Gasteiger partial charge is 0.368 e. The maximum absolute atomic E-state index is 5.74. The fraction of sp³-hybridized carbons (Fsp3) is 0.267. The van der Waals surface area contributed by atoms with Gasteiger partial charge in [-0.1, -0.05) is 19.9 Å². The van der Waals surface area contributed by atoms with Crippen molar-refractivity contribution in [3.05, 3.63) is 36.2 Å². The predicted octanol–water partition coefficient (Wildman–Crippen LogP) is 2.74. The van der Waals surface area contributed by atoms with Crippen LogP contribution in [0.5, 0.6) is 0 Å². The van der Waals surface area contributed by atoms with E-state index in [1.807, 2.05) is 36.3 Å². The SMILES string of the molecule is CC(C)c1cnc(N)nc1-c1ccc2nn(C)cc2c1. The maximum atomic E-state index is 5.74. The molecule has 0 aliphatic heterocycles. The van der Waals surface area contributed by atoms with E-state index < -0.39 is 0 Å². The molecule has 0 fully saturated rings. The Morgan fingerprint density at radius 1 is 1.25 bits per heavy atom. The number of benzene rings is 1. The number of rotatable bonds is 2. The first-order chi connectivity index (χ1) is 9.54. The van der Waals surface area contributed by atoms with Gasteiger partial charge in [0.15, 0.2) is 0 Å². The molecular weight excluding hydrogens is 250 g/mol. The molecule has 5 nitrogen and oxygen atoms in total. The minimum Gasteiger partial charge on any atom is -0.368 e. The summed E-state index contributed by atoms with van der Waals surface area (Å²) in [4.78, 5) is 8.52. The first kappa shape index (κ1) is 12.6. The molecule has 5 heteroatoms. The first-order valence-electron chi connectivity index (χ1n) is 6.61. The number of fused-ring (bicyclic) bond motifs is 1. The number of aryl methyl sites for hydroxylation is 1. The number of nitrogen functional groups attached to an aromatic ring is 1. The summed E-state index contributed by atoms with van der Waals surface area (Å²) in [5, 5.41) is 5.48. The Bertz CT molecular complexity index is 773. The first-order valence-corrected chi connectivity index (χ1v) is 6.61. The van der Waals surface area contributed by atoms with E-state index >= 15 is 0 Å². The molecule has 0 radical (unpaired) electrons. The fourth-order valence-electron chi connectivity index (χ4n) is 2.35. The lowest BCUT2D eigenvalue weighted by molar-refractivity contribution is 0.780. The second kappa shape index (κ2) is 4.59. The minimum absolute atomic E-state index is 0.302. The van der Waals surface area contributed by atoms with Crippen LogP contribution in [0, 0.1) is 0 Å². The van der Waals surface area contributed by atoms with Crippen molar-refractivity contribution in [1.29, 1.82) is 0 Å². The number of aromatic nitrogens is 4. The van der Waals surface area contributed by atoms with Crippen LogP contribution in [0.1, 0.15) is 25.3 Å². The lowest BCUT2D eigenvalue weighted by atomic mass is 9.98. The van der Waals surface area contributed by atoms with E-state index in [1.165, 1.54) is 0 Å². The van der Waals surface area contributed by atoms with Gasteiger partial charge in [0.05, 0.1) is 11.2 Å². The average molecular weight is 267 g/mol. The van der Waals surface area contributed by atoms with Crippen LogP contribution in [0.2, 0.25) is 0 Å². The van der Waals surface area contributed by atoms with Gasteiger partial charge in [0, 0.05) is 30.4 Å². The highest BCUT2D eigenvalue weighted by molar-refractivity contribution is 5.84. The third-order valence-electron chi connectivity index (χ3n) is 3.35. The maximum Gasteiger partial charge on any atom is 0.220 e. The zero-order valence-electron chi connectivity index (χ0n) is 11.8. The van der Waals surface area contributed by atoms with Crippen molar-refractivity contribution in [2.75, 3.05) is 5.73 Å². The lowest BCUT2D eigenvalue weighted by Crippen LogP contribution is -2.02. The number of nitrogens with zero attached hydrogens (tertiary/aromatic N) is 4. The highest BCUT2D eigenvalue weighted by atomic mass is 15.2. The molecular formula is C15H17N5. The quantitative estimate of drug-likeness (QED) is 0.775. The highest BCUT2D eigenvalue weighted by Crippen LogP contribution is 2.29. The highest BCUT2D eigenvalue weighted by Gasteiger charge is 2.12. The summed E-state index contributed by atoms with van der Waals surface area (Å²) < 4.78 is 1.81. The van der Waals surface area contributed by atoms with Crippen molar-refractivity contribution in [3.8, 4) is 11.3 Å². The number of anilines is 1. The van der Waals surface area contributed by atoms with Crippen LogP contribution in [-0.2, 0) is 7.05 Å². The summed E-state index contributed by atoms with van der Waals surface area (Å²) in [6.07, 6.45) is 3.81. The Morgan fingerprint density at radius 2 is 2.05 bits per heavy atom. The zero-order chi connectivity index (χ0) is 14.3. The van der Waals surface area contributed by atoms with E-state index in [2.05, 4.69) is 35.0 Å². The van der Waals surface area contributed by atoms with Crippen molar-refractivity contribution in [3.63, 3.8) is 0 Å².